The average molecular weight is 225 g/mol. The number of piperidine rings is 1. The molecule has 16 heavy (non-hydrogen) atoms. The van der Waals surface area contributed by atoms with Crippen LogP contribution < -0.4 is 5.73 Å². The molecule has 2 aliphatic rings. The van der Waals surface area contributed by atoms with Crippen LogP contribution in [0.15, 0.2) is 0 Å². The number of amides is 2. The summed E-state index contributed by atoms with van der Waals surface area (Å²) < 4.78 is 0. The van der Waals surface area contributed by atoms with Crippen LogP contribution in [0.4, 0.5) is 0 Å². The monoisotopic (exact) mass is 225 g/mol. The van der Waals surface area contributed by atoms with Crippen molar-refractivity contribution >= 4 is 11.8 Å². The number of hydrogen-bond acceptors (Lipinski definition) is 4. The number of nitrogens with zero attached hydrogens (tertiary/aromatic N) is 2. The molecule has 0 spiro atoms. The Balaban J connectivity index is 1.81. The van der Waals surface area contributed by atoms with Gasteiger partial charge in [0.25, 0.3) is 0 Å². The Kier molecular flexibility index (Phi) is 3.56. The van der Waals surface area contributed by atoms with Crippen molar-refractivity contribution < 1.29 is 9.59 Å². The second-order valence-corrected chi connectivity index (χ2v) is 4.66. The summed E-state index contributed by atoms with van der Waals surface area (Å²) in [4.78, 5) is 26.7. The lowest BCUT2D eigenvalue weighted by molar-refractivity contribution is -0.142. The molecule has 90 valence electrons. The first-order valence-corrected chi connectivity index (χ1v) is 5.98. The maximum Gasteiger partial charge on any atom is 0.243 e. The van der Waals surface area contributed by atoms with Crippen LogP contribution in [-0.2, 0) is 9.59 Å². The summed E-state index contributed by atoms with van der Waals surface area (Å²) in [5.74, 6) is -0.0586. The lowest BCUT2D eigenvalue weighted by Crippen LogP contribution is -2.46. The van der Waals surface area contributed by atoms with Crippen LogP contribution in [0.1, 0.15) is 25.7 Å². The highest BCUT2D eigenvalue weighted by atomic mass is 16.2. The van der Waals surface area contributed by atoms with E-state index < -0.39 is 0 Å². The maximum absolute atomic E-state index is 11.8. The molecule has 0 aromatic rings. The standard InChI is InChI=1S/C11H19N3O2/c12-9-3-6-13(7-4-9)8-11(16)14-5-1-2-10(14)15/h9H,1-8,12H2. The Bertz CT molecular complexity index is 285. The van der Waals surface area contributed by atoms with E-state index in [1.807, 2.05) is 0 Å². The van der Waals surface area contributed by atoms with Crippen molar-refractivity contribution in [3.05, 3.63) is 0 Å². The summed E-state index contributed by atoms with van der Waals surface area (Å²) in [5, 5.41) is 0. The van der Waals surface area contributed by atoms with Gasteiger partial charge in [0.05, 0.1) is 6.54 Å². The van der Waals surface area contributed by atoms with Gasteiger partial charge in [-0.15, -0.1) is 0 Å². The molecule has 0 aromatic carbocycles. The summed E-state index contributed by atoms with van der Waals surface area (Å²) in [6, 6.07) is 0.278. The van der Waals surface area contributed by atoms with E-state index in [-0.39, 0.29) is 17.9 Å². The first-order chi connectivity index (χ1) is 7.66. The Morgan fingerprint density at radius 2 is 2.00 bits per heavy atom. The van der Waals surface area contributed by atoms with Crippen molar-refractivity contribution in [1.82, 2.24) is 9.80 Å². The van der Waals surface area contributed by atoms with Gasteiger partial charge in [-0.2, -0.15) is 0 Å². The largest absolute Gasteiger partial charge is 0.328 e. The van der Waals surface area contributed by atoms with E-state index in [9.17, 15) is 9.59 Å². The molecular weight excluding hydrogens is 206 g/mol. The number of rotatable bonds is 2. The fraction of sp³-hybridized carbons (Fsp3) is 0.818. The summed E-state index contributed by atoms with van der Waals surface area (Å²) in [7, 11) is 0. The molecule has 2 saturated heterocycles. The van der Waals surface area contributed by atoms with Gasteiger partial charge in [-0.1, -0.05) is 0 Å². The molecule has 0 unspecified atom stereocenters. The zero-order chi connectivity index (χ0) is 11.5. The van der Waals surface area contributed by atoms with Crippen molar-refractivity contribution in [1.29, 1.82) is 0 Å². The predicted molar refractivity (Wildman–Crippen MR) is 59.6 cm³/mol. The minimum absolute atomic E-state index is 0.0151. The first kappa shape index (κ1) is 11.5. The number of carbonyl (C=O) groups is 2. The fourth-order valence-electron chi connectivity index (χ4n) is 2.30. The number of hydrogen-bond donors (Lipinski definition) is 1. The van der Waals surface area contributed by atoms with Crippen LogP contribution in [0.25, 0.3) is 0 Å². The molecule has 0 bridgehead atoms. The summed E-state index contributed by atoms with van der Waals surface area (Å²) in [6.07, 6.45) is 3.23. The van der Waals surface area contributed by atoms with Gasteiger partial charge in [-0.05, 0) is 19.3 Å². The number of imide groups is 1. The SMILES string of the molecule is NC1CCN(CC(=O)N2CCCC2=O)CC1. The van der Waals surface area contributed by atoms with Gasteiger partial charge in [-0.3, -0.25) is 19.4 Å². The van der Waals surface area contributed by atoms with Gasteiger partial charge in [0.15, 0.2) is 0 Å². The minimum Gasteiger partial charge on any atom is -0.328 e. The summed E-state index contributed by atoms with van der Waals surface area (Å²) in [6.45, 7) is 2.72. The Hall–Kier alpha value is -0.940. The molecule has 2 N–H and O–H groups in total. The van der Waals surface area contributed by atoms with E-state index in [1.165, 1.54) is 4.90 Å². The average Bonchev–Trinajstić information content (AvgIpc) is 2.68. The number of nitrogens with two attached hydrogens (primary N) is 1. The van der Waals surface area contributed by atoms with Crippen molar-refractivity contribution in [3.8, 4) is 0 Å². The third kappa shape index (κ3) is 2.59. The second kappa shape index (κ2) is 4.93. The molecule has 2 rings (SSSR count). The summed E-state index contributed by atoms with van der Waals surface area (Å²) in [5.41, 5.74) is 5.80. The van der Waals surface area contributed by atoms with Crippen molar-refractivity contribution in [2.75, 3.05) is 26.2 Å². The van der Waals surface area contributed by atoms with Gasteiger partial charge in [0.2, 0.25) is 11.8 Å². The molecule has 0 aromatic heterocycles. The second-order valence-electron chi connectivity index (χ2n) is 4.66. The van der Waals surface area contributed by atoms with Crippen LogP contribution in [0.3, 0.4) is 0 Å². The first-order valence-electron chi connectivity index (χ1n) is 5.98. The Morgan fingerprint density at radius 3 is 2.56 bits per heavy atom. The fourth-order valence-corrected chi connectivity index (χ4v) is 2.30. The van der Waals surface area contributed by atoms with Gasteiger partial charge in [-0.25, -0.2) is 0 Å². The van der Waals surface area contributed by atoms with Crippen LogP contribution in [0.2, 0.25) is 0 Å². The van der Waals surface area contributed by atoms with Crippen molar-refractivity contribution in [2.45, 2.75) is 31.7 Å². The van der Waals surface area contributed by atoms with E-state index in [2.05, 4.69) is 4.90 Å². The van der Waals surface area contributed by atoms with E-state index in [0.717, 1.165) is 32.4 Å². The Morgan fingerprint density at radius 1 is 1.31 bits per heavy atom. The molecule has 5 nitrogen and oxygen atoms in total. The zero-order valence-corrected chi connectivity index (χ0v) is 9.52. The van der Waals surface area contributed by atoms with E-state index in [4.69, 9.17) is 5.73 Å². The normalized spacial score (nSPS) is 24.1. The van der Waals surface area contributed by atoms with Gasteiger partial charge in [0.1, 0.15) is 0 Å². The highest BCUT2D eigenvalue weighted by molar-refractivity contribution is 5.97. The van der Waals surface area contributed by atoms with Crippen LogP contribution in [-0.4, -0.2) is 53.8 Å². The molecule has 2 fully saturated rings. The van der Waals surface area contributed by atoms with Crippen LogP contribution >= 0.6 is 0 Å². The minimum atomic E-state index is -0.0435. The summed E-state index contributed by atoms with van der Waals surface area (Å²) >= 11 is 0. The van der Waals surface area contributed by atoms with Crippen molar-refractivity contribution in [2.24, 2.45) is 5.73 Å². The third-order valence-corrected chi connectivity index (χ3v) is 3.37. The number of likely N-dealkylation sites (tertiary alicyclic amines) is 2. The maximum atomic E-state index is 11.8. The van der Waals surface area contributed by atoms with Crippen molar-refractivity contribution in [3.63, 3.8) is 0 Å². The van der Waals surface area contributed by atoms with E-state index in [1.54, 1.807) is 0 Å². The van der Waals surface area contributed by atoms with Gasteiger partial charge in [0, 0.05) is 32.1 Å². The molecule has 5 heteroatoms. The molecule has 0 aliphatic carbocycles. The highest BCUT2D eigenvalue weighted by Crippen LogP contribution is 2.12. The highest BCUT2D eigenvalue weighted by Gasteiger charge is 2.28. The predicted octanol–water partition coefficient (Wildman–Crippen LogP) is -0.441. The molecular formula is C11H19N3O2. The lowest BCUT2D eigenvalue weighted by atomic mass is 10.1. The molecule has 2 heterocycles. The van der Waals surface area contributed by atoms with Crippen LogP contribution in [0, 0.1) is 0 Å². The lowest BCUT2D eigenvalue weighted by Gasteiger charge is -2.30. The smallest absolute Gasteiger partial charge is 0.243 e. The topological polar surface area (TPSA) is 66.6 Å². The molecule has 0 radical (unpaired) electrons. The van der Waals surface area contributed by atoms with Gasteiger partial charge < -0.3 is 5.73 Å². The van der Waals surface area contributed by atoms with Gasteiger partial charge >= 0.3 is 0 Å². The molecule has 0 atom stereocenters. The Labute approximate surface area is 95.6 Å². The zero-order valence-electron chi connectivity index (χ0n) is 9.52. The molecule has 2 amide bonds. The van der Waals surface area contributed by atoms with Crippen LogP contribution in [0.5, 0.6) is 0 Å². The third-order valence-electron chi connectivity index (χ3n) is 3.37. The van der Waals surface area contributed by atoms with E-state index in [0.29, 0.717) is 19.5 Å². The molecule has 0 saturated carbocycles. The number of carbonyl (C=O) groups excluding carboxylic acids is 2. The van der Waals surface area contributed by atoms with E-state index >= 15 is 0 Å². The molecule has 2 aliphatic heterocycles. The quantitative estimate of drug-likeness (QED) is 0.692.